The van der Waals surface area contributed by atoms with E-state index in [9.17, 15) is 18.0 Å². The van der Waals surface area contributed by atoms with E-state index in [1.165, 1.54) is 12.1 Å². The fourth-order valence-electron chi connectivity index (χ4n) is 1.27. The minimum Gasteiger partial charge on any atom is -0.281 e. The van der Waals surface area contributed by atoms with E-state index in [1.807, 2.05) is 20.8 Å². The third-order valence-electron chi connectivity index (χ3n) is 2.20. The van der Waals surface area contributed by atoms with E-state index in [2.05, 4.69) is 0 Å². The van der Waals surface area contributed by atoms with E-state index in [-0.39, 0.29) is 11.0 Å². The van der Waals surface area contributed by atoms with Crippen molar-refractivity contribution in [2.75, 3.05) is 0 Å². The molecule has 0 heterocycles. The third-order valence-corrected chi connectivity index (χ3v) is 2.85. The molecule has 0 aliphatic carbocycles. The van der Waals surface area contributed by atoms with Gasteiger partial charge in [0.1, 0.15) is 0 Å². The summed E-state index contributed by atoms with van der Waals surface area (Å²) < 4.78 is 36.0. The van der Waals surface area contributed by atoms with E-state index < -0.39 is 22.4 Å². The Bertz CT molecular complexity index is 401. The Morgan fingerprint density at radius 2 is 1.53 bits per heavy atom. The van der Waals surface area contributed by atoms with Crippen LogP contribution >= 0.6 is 11.8 Å². The van der Waals surface area contributed by atoms with Crippen molar-refractivity contribution in [1.29, 1.82) is 0 Å². The highest BCUT2D eigenvalue weighted by atomic mass is 32.2. The van der Waals surface area contributed by atoms with Crippen LogP contribution < -0.4 is 0 Å². The number of halogens is 3. The SMILES string of the molecule is CC(C)(C)c1ccc(C(=O)SC(F)(F)F)cc1. The summed E-state index contributed by atoms with van der Waals surface area (Å²) in [4.78, 5) is 11.3. The number of hydrogen-bond acceptors (Lipinski definition) is 2. The van der Waals surface area contributed by atoms with Crippen molar-refractivity contribution in [3.8, 4) is 0 Å². The molecule has 5 heteroatoms. The number of hydrogen-bond donors (Lipinski definition) is 0. The Kier molecular flexibility index (Phi) is 3.91. The van der Waals surface area contributed by atoms with Crippen LogP contribution in [0, 0.1) is 0 Å². The minimum atomic E-state index is -4.53. The molecule has 1 aromatic rings. The zero-order valence-electron chi connectivity index (χ0n) is 9.76. The summed E-state index contributed by atoms with van der Waals surface area (Å²) in [6, 6.07) is 6.23. The van der Waals surface area contributed by atoms with Crippen LogP contribution in [0.1, 0.15) is 36.7 Å². The molecule has 0 aliphatic rings. The lowest BCUT2D eigenvalue weighted by atomic mass is 9.87. The smallest absolute Gasteiger partial charge is 0.281 e. The molecule has 1 rings (SSSR count). The van der Waals surface area contributed by atoms with Gasteiger partial charge < -0.3 is 0 Å². The maximum atomic E-state index is 12.0. The highest BCUT2D eigenvalue weighted by Gasteiger charge is 2.33. The predicted molar refractivity (Wildman–Crippen MR) is 63.1 cm³/mol. The molecule has 1 aromatic carbocycles. The molecule has 94 valence electrons. The molecule has 0 aromatic heterocycles. The van der Waals surface area contributed by atoms with E-state index in [0.717, 1.165) is 5.56 Å². The number of alkyl halides is 3. The quantitative estimate of drug-likeness (QED) is 0.747. The second-order valence-corrected chi connectivity index (χ2v) is 5.70. The van der Waals surface area contributed by atoms with Crippen molar-refractivity contribution < 1.29 is 18.0 Å². The standard InChI is InChI=1S/C12H13F3OS/c1-11(2,3)9-6-4-8(5-7-9)10(16)17-12(13,14)15/h4-7H,1-3H3. The number of carbonyl (C=O) groups excluding carboxylic acids is 1. The topological polar surface area (TPSA) is 17.1 Å². The number of carbonyl (C=O) groups is 1. The van der Waals surface area contributed by atoms with E-state index in [0.29, 0.717) is 0 Å². The van der Waals surface area contributed by atoms with Crippen LogP contribution in [0.2, 0.25) is 0 Å². The summed E-state index contributed by atoms with van der Waals surface area (Å²) in [6.45, 7) is 5.98. The maximum absolute atomic E-state index is 12.0. The Morgan fingerprint density at radius 1 is 1.06 bits per heavy atom. The van der Waals surface area contributed by atoms with E-state index in [4.69, 9.17) is 0 Å². The van der Waals surface area contributed by atoms with Crippen molar-refractivity contribution in [3.63, 3.8) is 0 Å². The largest absolute Gasteiger partial charge is 0.449 e. The summed E-state index contributed by atoms with van der Waals surface area (Å²) in [5.41, 5.74) is -3.56. The Morgan fingerprint density at radius 3 is 1.88 bits per heavy atom. The number of thioether (sulfide) groups is 1. The first kappa shape index (κ1) is 14.1. The van der Waals surface area contributed by atoms with Crippen LogP contribution in [-0.2, 0) is 5.41 Å². The van der Waals surface area contributed by atoms with E-state index >= 15 is 0 Å². The second kappa shape index (κ2) is 4.72. The van der Waals surface area contributed by atoms with Crippen LogP contribution in [0.4, 0.5) is 13.2 Å². The first-order valence-corrected chi connectivity index (χ1v) is 5.82. The Hall–Kier alpha value is -0.970. The molecule has 0 atom stereocenters. The van der Waals surface area contributed by atoms with Gasteiger partial charge in [0.25, 0.3) is 0 Å². The van der Waals surface area contributed by atoms with Crippen molar-refractivity contribution in [3.05, 3.63) is 35.4 Å². The molecule has 0 amide bonds. The molecule has 0 spiro atoms. The molecule has 17 heavy (non-hydrogen) atoms. The van der Waals surface area contributed by atoms with Gasteiger partial charge in [-0.3, -0.25) is 4.79 Å². The zero-order chi connectivity index (χ0) is 13.3. The highest BCUT2D eigenvalue weighted by molar-refractivity contribution is 8.14. The highest BCUT2D eigenvalue weighted by Crippen LogP contribution is 2.33. The van der Waals surface area contributed by atoms with Gasteiger partial charge in [0.2, 0.25) is 5.12 Å². The molecule has 0 unspecified atom stereocenters. The van der Waals surface area contributed by atoms with Crippen molar-refractivity contribution in [2.45, 2.75) is 31.7 Å². The normalized spacial score (nSPS) is 12.6. The molecule has 0 bridgehead atoms. The predicted octanol–water partition coefficient (Wildman–Crippen LogP) is 4.38. The molecule has 0 saturated heterocycles. The van der Waals surface area contributed by atoms with E-state index in [1.54, 1.807) is 12.1 Å². The van der Waals surface area contributed by atoms with Gasteiger partial charge in [-0.1, -0.05) is 45.0 Å². The third kappa shape index (κ3) is 4.42. The van der Waals surface area contributed by atoms with Gasteiger partial charge >= 0.3 is 5.51 Å². The Balaban J connectivity index is 2.85. The van der Waals surface area contributed by atoms with Crippen LogP contribution in [-0.4, -0.2) is 10.6 Å². The fraction of sp³-hybridized carbons (Fsp3) is 0.417. The fourth-order valence-corrected chi connectivity index (χ4v) is 1.73. The molecule has 0 fully saturated rings. The molecule has 0 saturated carbocycles. The van der Waals surface area contributed by atoms with Crippen LogP contribution in [0.15, 0.2) is 24.3 Å². The second-order valence-electron chi connectivity index (χ2n) is 4.66. The zero-order valence-corrected chi connectivity index (χ0v) is 10.6. The molecule has 0 N–H and O–H groups in total. The van der Waals surface area contributed by atoms with Gasteiger partial charge in [-0.05, 0) is 11.0 Å². The van der Waals surface area contributed by atoms with Crippen molar-refractivity contribution in [1.82, 2.24) is 0 Å². The molecule has 0 aliphatic heterocycles. The van der Waals surface area contributed by atoms with Crippen LogP contribution in [0.25, 0.3) is 0 Å². The van der Waals surface area contributed by atoms with Gasteiger partial charge in [-0.15, -0.1) is 0 Å². The number of benzene rings is 1. The van der Waals surface area contributed by atoms with Gasteiger partial charge in [-0.25, -0.2) is 0 Å². The molecule has 0 radical (unpaired) electrons. The summed E-state index contributed by atoms with van der Waals surface area (Å²) in [7, 11) is 0. The van der Waals surface area contributed by atoms with Gasteiger partial charge in [0.15, 0.2) is 0 Å². The summed E-state index contributed by atoms with van der Waals surface area (Å²) in [5, 5.41) is -0.974. The van der Waals surface area contributed by atoms with Crippen LogP contribution in [0.5, 0.6) is 0 Å². The lowest BCUT2D eigenvalue weighted by Crippen LogP contribution is -2.11. The maximum Gasteiger partial charge on any atom is 0.449 e. The van der Waals surface area contributed by atoms with Crippen LogP contribution in [0.3, 0.4) is 0 Å². The number of rotatable bonds is 1. The molecular weight excluding hydrogens is 249 g/mol. The summed E-state index contributed by atoms with van der Waals surface area (Å²) in [5.74, 6) is 0. The van der Waals surface area contributed by atoms with Crippen molar-refractivity contribution in [2.24, 2.45) is 0 Å². The average Bonchev–Trinajstić information content (AvgIpc) is 2.14. The van der Waals surface area contributed by atoms with Gasteiger partial charge in [0, 0.05) is 17.3 Å². The Labute approximate surface area is 102 Å². The first-order chi connectivity index (χ1) is 7.59. The molecular formula is C12H13F3OS. The average molecular weight is 262 g/mol. The summed E-state index contributed by atoms with van der Waals surface area (Å²) in [6.07, 6.45) is 0. The van der Waals surface area contributed by atoms with Gasteiger partial charge in [0.05, 0.1) is 0 Å². The molecule has 1 nitrogen and oxygen atoms in total. The van der Waals surface area contributed by atoms with Crippen molar-refractivity contribution >= 4 is 16.9 Å². The lowest BCUT2D eigenvalue weighted by molar-refractivity contribution is -0.0322. The first-order valence-electron chi connectivity index (χ1n) is 5.00. The lowest BCUT2D eigenvalue weighted by Gasteiger charge is -2.18. The van der Waals surface area contributed by atoms with Gasteiger partial charge in [-0.2, -0.15) is 13.2 Å². The minimum absolute atomic E-state index is 0.0697. The summed E-state index contributed by atoms with van der Waals surface area (Å²) >= 11 is -0.616. The monoisotopic (exact) mass is 262 g/mol.